The summed E-state index contributed by atoms with van der Waals surface area (Å²) in [5, 5.41) is 6.20. The topological polar surface area (TPSA) is 103 Å². The van der Waals surface area contributed by atoms with Crippen LogP contribution in [0.4, 0.5) is 10.5 Å². The molecule has 0 spiro atoms. The normalized spacial score (nSPS) is 12.0. The van der Waals surface area contributed by atoms with E-state index in [1.165, 1.54) is 0 Å². The van der Waals surface area contributed by atoms with Gasteiger partial charge < -0.3 is 15.3 Å². The van der Waals surface area contributed by atoms with Crippen molar-refractivity contribution < 1.29 is 19.2 Å². The zero-order valence-electron chi connectivity index (χ0n) is 14.8. The zero-order valence-corrected chi connectivity index (χ0v) is 14.8. The molecule has 0 heterocycles. The van der Waals surface area contributed by atoms with Gasteiger partial charge in [0.15, 0.2) is 0 Å². The van der Waals surface area contributed by atoms with Gasteiger partial charge in [-0.15, -0.1) is 0 Å². The molecule has 7 heteroatoms. The Hall–Kier alpha value is -2.57. The van der Waals surface area contributed by atoms with Crippen molar-refractivity contribution in [2.45, 2.75) is 46.6 Å². The molecule has 132 valence electrons. The molecule has 1 rings (SSSR count). The Balaban J connectivity index is 2.54. The minimum Gasteiger partial charge on any atom is -0.444 e. The number of benzene rings is 1. The number of ether oxygens (including phenoxy) is 1. The Morgan fingerprint density at radius 3 is 2.29 bits per heavy atom. The Morgan fingerprint density at radius 2 is 1.79 bits per heavy atom. The Bertz CT molecular complexity index is 601. The fourth-order valence-corrected chi connectivity index (χ4v) is 1.54. The van der Waals surface area contributed by atoms with Crippen LogP contribution in [0.15, 0.2) is 29.4 Å². The van der Waals surface area contributed by atoms with Crippen molar-refractivity contribution in [1.29, 1.82) is 0 Å². The predicted octanol–water partition coefficient (Wildman–Crippen LogP) is 3.05. The molecule has 0 saturated heterocycles. The monoisotopic (exact) mass is 335 g/mol. The number of amides is 1. The van der Waals surface area contributed by atoms with E-state index in [9.17, 15) is 9.59 Å². The molecule has 0 aliphatic rings. The van der Waals surface area contributed by atoms with Gasteiger partial charge in [-0.3, -0.25) is 5.32 Å². The molecule has 7 nitrogen and oxygen atoms in total. The molecule has 0 aliphatic carbocycles. The van der Waals surface area contributed by atoms with Crippen LogP contribution in [0.5, 0.6) is 0 Å². The third-order valence-corrected chi connectivity index (χ3v) is 2.79. The second-order valence-electron chi connectivity index (χ2n) is 6.63. The van der Waals surface area contributed by atoms with Crippen LogP contribution in [0.3, 0.4) is 0 Å². The van der Waals surface area contributed by atoms with Gasteiger partial charge in [0.25, 0.3) is 0 Å². The lowest BCUT2D eigenvalue weighted by molar-refractivity contribution is -0.142. The van der Waals surface area contributed by atoms with Gasteiger partial charge in [0.1, 0.15) is 11.4 Å². The number of carbonyl (C=O) groups is 2. The van der Waals surface area contributed by atoms with Gasteiger partial charge in [-0.05, 0) is 38.5 Å². The van der Waals surface area contributed by atoms with E-state index in [0.717, 1.165) is 5.56 Å². The van der Waals surface area contributed by atoms with Gasteiger partial charge in [0.05, 0.1) is 6.42 Å². The van der Waals surface area contributed by atoms with Gasteiger partial charge in [-0.25, -0.2) is 9.59 Å². The molecule has 1 aromatic rings. The van der Waals surface area contributed by atoms with E-state index >= 15 is 0 Å². The van der Waals surface area contributed by atoms with Gasteiger partial charge in [-0.2, -0.15) is 0 Å². The maximum absolute atomic E-state index is 11.7. The van der Waals surface area contributed by atoms with Gasteiger partial charge in [0.2, 0.25) is 0 Å². The van der Waals surface area contributed by atoms with Crippen LogP contribution in [0.2, 0.25) is 0 Å². The smallest absolute Gasteiger partial charge is 0.412 e. The summed E-state index contributed by atoms with van der Waals surface area (Å²) in [5.41, 5.74) is 6.33. The number of oxime groups is 1. The first-order valence-corrected chi connectivity index (χ1v) is 7.69. The molecule has 0 saturated carbocycles. The molecular formula is C17H25N3O4. The fraction of sp³-hybridized carbons (Fsp3) is 0.471. The highest BCUT2D eigenvalue weighted by atomic mass is 16.7. The first-order valence-electron chi connectivity index (χ1n) is 7.69. The van der Waals surface area contributed by atoms with Crippen molar-refractivity contribution in [2.75, 3.05) is 5.32 Å². The molecule has 0 atom stereocenters. The molecule has 0 bridgehead atoms. The quantitative estimate of drug-likeness (QED) is 0.372. The summed E-state index contributed by atoms with van der Waals surface area (Å²) in [5.74, 6) is -0.234. The first kappa shape index (κ1) is 19.5. The number of nitrogens with two attached hydrogens (primary N) is 1. The molecule has 1 aromatic carbocycles. The summed E-state index contributed by atoms with van der Waals surface area (Å²) < 4.78 is 5.16. The number of hydrogen-bond donors (Lipinski definition) is 2. The summed E-state index contributed by atoms with van der Waals surface area (Å²) in [6, 6.07) is 6.78. The molecule has 0 fully saturated rings. The fourth-order valence-electron chi connectivity index (χ4n) is 1.54. The molecule has 0 aliphatic heterocycles. The highest BCUT2D eigenvalue weighted by Crippen LogP contribution is 2.13. The van der Waals surface area contributed by atoms with Crippen LogP contribution >= 0.6 is 0 Å². The largest absolute Gasteiger partial charge is 0.444 e. The van der Waals surface area contributed by atoms with Crippen molar-refractivity contribution in [2.24, 2.45) is 16.8 Å². The second kappa shape index (κ2) is 8.33. The third-order valence-electron chi connectivity index (χ3n) is 2.79. The van der Waals surface area contributed by atoms with Gasteiger partial charge >= 0.3 is 12.1 Å². The van der Waals surface area contributed by atoms with E-state index < -0.39 is 17.7 Å². The minimum atomic E-state index is -0.563. The first-order chi connectivity index (χ1) is 11.1. The van der Waals surface area contributed by atoms with E-state index in [1.807, 2.05) is 13.8 Å². The predicted molar refractivity (Wildman–Crippen MR) is 92.6 cm³/mol. The van der Waals surface area contributed by atoms with Crippen molar-refractivity contribution in [1.82, 2.24) is 0 Å². The van der Waals surface area contributed by atoms with E-state index in [0.29, 0.717) is 5.69 Å². The molecule has 24 heavy (non-hydrogen) atoms. The van der Waals surface area contributed by atoms with Crippen LogP contribution in [-0.2, 0) is 20.8 Å². The molecule has 3 N–H and O–H groups in total. The standard InChI is InChI=1S/C17H25N3O4/c1-11(2)15(18)20-24-14(21)10-12-6-8-13(9-7-12)19-16(22)23-17(3,4)5/h6-9,11H,10H2,1-5H3,(H2,18,20)(H,19,22). The maximum atomic E-state index is 11.7. The van der Waals surface area contributed by atoms with Crippen LogP contribution in [0.25, 0.3) is 0 Å². The van der Waals surface area contributed by atoms with Crippen molar-refractivity contribution in [3.63, 3.8) is 0 Å². The van der Waals surface area contributed by atoms with Gasteiger partial charge in [0, 0.05) is 11.6 Å². The van der Waals surface area contributed by atoms with Crippen LogP contribution in [-0.4, -0.2) is 23.5 Å². The van der Waals surface area contributed by atoms with Crippen molar-refractivity contribution in [3.05, 3.63) is 29.8 Å². The summed E-state index contributed by atoms with van der Waals surface area (Å²) in [4.78, 5) is 28.1. The SMILES string of the molecule is CC(C)/C(N)=N/OC(=O)Cc1ccc(NC(=O)OC(C)(C)C)cc1. The highest BCUT2D eigenvalue weighted by Gasteiger charge is 2.16. The number of nitrogens with zero attached hydrogens (tertiary/aromatic N) is 1. The molecule has 1 amide bonds. The molecular weight excluding hydrogens is 310 g/mol. The second-order valence-corrected chi connectivity index (χ2v) is 6.63. The maximum Gasteiger partial charge on any atom is 0.412 e. The number of hydrogen-bond acceptors (Lipinski definition) is 5. The molecule has 0 aromatic heterocycles. The van der Waals surface area contributed by atoms with E-state index in [2.05, 4.69) is 10.5 Å². The Labute approximate surface area is 142 Å². The Kier molecular flexibility index (Phi) is 6.76. The van der Waals surface area contributed by atoms with Gasteiger partial charge in [-0.1, -0.05) is 31.1 Å². The Morgan fingerprint density at radius 1 is 1.21 bits per heavy atom. The lowest BCUT2D eigenvalue weighted by Gasteiger charge is -2.19. The lowest BCUT2D eigenvalue weighted by Crippen LogP contribution is -2.27. The molecule has 0 unspecified atom stereocenters. The summed E-state index contributed by atoms with van der Waals surface area (Å²) >= 11 is 0. The molecule has 0 radical (unpaired) electrons. The summed E-state index contributed by atoms with van der Waals surface area (Å²) in [6.07, 6.45) is -0.477. The number of rotatable bonds is 5. The number of amidine groups is 1. The van der Waals surface area contributed by atoms with Crippen LogP contribution in [0, 0.1) is 5.92 Å². The average molecular weight is 335 g/mol. The van der Waals surface area contributed by atoms with Crippen molar-refractivity contribution >= 4 is 23.6 Å². The van der Waals surface area contributed by atoms with Crippen molar-refractivity contribution in [3.8, 4) is 0 Å². The lowest BCUT2D eigenvalue weighted by atomic mass is 10.1. The zero-order chi connectivity index (χ0) is 18.3. The van der Waals surface area contributed by atoms with Crippen LogP contribution < -0.4 is 11.1 Å². The average Bonchev–Trinajstić information content (AvgIpc) is 2.44. The van der Waals surface area contributed by atoms with E-state index in [-0.39, 0.29) is 18.2 Å². The van der Waals surface area contributed by atoms with Crippen LogP contribution in [0.1, 0.15) is 40.2 Å². The highest BCUT2D eigenvalue weighted by molar-refractivity contribution is 5.85. The number of anilines is 1. The summed E-state index contributed by atoms with van der Waals surface area (Å²) in [7, 11) is 0. The number of carbonyl (C=O) groups excluding carboxylic acids is 2. The third kappa shape index (κ3) is 7.62. The van der Waals surface area contributed by atoms with E-state index in [4.69, 9.17) is 15.3 Å². The minimum absolute atomic E-state index is 0.0102. The summed E-state index contributed by atoms with van der Waals surface area (Å²) in [6.45, 7) is 9.06. The van der Waals surface area contributed by atoms with E-state index in [1.54, 1.807) is 45.0 Å². The number of nitrogens with one attached hydrogen (secondary N) is 1.